The van der Waals surface area contributed by atoms with Crippen LogP contribution in [0.25, 0.3) is 0 Å². The second-order valence-corrected chi connectivity index (χ2v) is 1.92. The van der Waals surface area contributed by atoms with Crippen molar-refractivity contribution in [3.05, 3.63) is 0 Å². The van der Waals surface area contributed by atoms with E-state index in [1.54, 1.807) is 0 Å². The molecule has 1 aliphatic rings. The molecule has 1 unspecified atom stereocenters. The van der Waals surface area contributed by atoms with Crippen molar-refractivity contribution in [1.82, 2.24) is 0 Å². The van der Waals surface area contributed by atoms with Crippen molar-refractivity contribution in [2.75, 3.05) is 0 Å². The number of Topliss-reactive ketones (excluding diaryl/α,β-unsaturated/α-hetero) is 1. The van der Waals surface area contributed by atoms with Gasteiger partial charge >= 0.3 is 0 Å². The van der Waals surface area contributed by atoms with Crippen LogP contribution in [0.4, 0.5) is 0 Å². The van der Waals surface area contributed by atoms with E-state index in [1.165, 1.54) is 0 Å². The van der Waals surface area contributed by atoms with Crippen LogP contribution in [0.2, 0.25) is 5.54 Å². The summed E-state index contributed by atoms with van der Waals surface area (Å²) in [7, 11) is 3.14. The van der Waals surface area contributed by atoms with Gasteiger partial charge in [-0.05, 0) is 0 Å². The van der Waals surface area contributed by atoms with Crippen LogP contribution in [0.3, 0.4) is 0 Å². The third-order valence-corrected chi connectivity index (χ3v) is 1.16. The van der Waals surface area contributed by atoms with E-state index in [4.69, 9.17) is 0 Å². The van der Waals surface area contributed by atoms with Crippen molar-refractivity contribution in [2.24, 2.45) is 0 Å². The number of carbonyl (C=O) groups excluding carboxylic acids is 1. The van der Waals surface area contributed by atoms with Crippen molar-refractivity contribution in [2.45, 2.75) is 12.0 Å². The Labute approximate surface area is 33.8 Å². The van der Waals surface area contributed by atoms with E-state index >= 15 is 0 Å². The second-order valence-electron chi connectivity index (χ2n) is 1.22. The topological polar surface area (TPSA) is 17.1 Å². The third kappa shape index (κ3) is 0.399. The van der Waals surface area contributed by atoms with Crippen LogP contribution in [0.1, 0.15) is 6.42 Å². The Kier molecular flexibility index (Phi) is 0.422. The Morgan fingerprint density at radius 2 is 2.20 bits per heavy atom. The minimum atomic E-state index is 0.218. The van der Waals surface area contributed by atoms with Gasteiger partial charge in [-0.15, -0.1) is 0 Å². The Bertz CT molecular complexity index is 69.3. The van der Waals surface area contributed by atoms with E-state index in [0.717, 1.165) is 6.42 Å². The summed E-state index contributed by atoms with van der Waals surface area (Å²) in [4.78, 5) is 9.84. The molecule has 2 heteroatoms. The lowest BCUT2D eigenvalue weighted by atomic mass is 10.9. The Hall–Kier alpha value is -0.113. The van der Waals surface area contributed by atoms with Gasteiger partial charge in [0.2, 0.25) is 0 Å². The lowest BCUT2D eigenvalue weighted by Crippen LogP contribution is -1.61. The van der Waals surface area contributed by atoms with Crippen LogP contribution >= 0.6 is 0 Å². The quantitative estimate of drug-likeness (QED) is 0.374. The molecule has 0 bridgehead atoms. The van der Waals surface area contributed by atoms with Gasteiger partial charge in [-0.1, -0.05) is 0 Å². The van der Waals surface area contributed by atoms with Gasteiger partial charge in [-0.25, -0.2) is 0 Å². The Balaban J connectivity index is 2.47. The largest absolute Gasteiger partial charge is 0.300 e. The molecule has 0 saturated heterocycles. The lowest BCUT2D eigenvalue weighted by molar-refractivity contribution is -0.109. The van der Waals surface area contributed by atoms with E-state index in [9.17, 15) is 4.79 Å². The summed E-state index contributed by atoms with van der Waals surface area (Å²) >= 11 is 0. The number of hydrogen-bond donors (Lipinski definition) is 0. The lowest BCUT2D eigenvalue weighted by Gasteiger charge is -1.50. The molecule has 0 aromatic carbocycles. The van der Waals surface area contributed by atoms with E-state index in [2.05, 4.69) is 10.2 Å². The molecular formula is C3H3OSi. The van der Waals surface area contributed by atoms with Crippen LogP contribution in [0.15, 0.2) is 0 Å². The predicted molar refractivity (Wildman–Crippen MR) is 19.1 cm³/mol. The SMILES string of the molecule is O=C1CC1[Si]. The van der Waals surface area contributed by atoms with Crippen LogP contribution < -0.4 is 0 Å². The summed E-state index contributed by atoms with van der Waals surface area (Å²) in [6.07, 6.45) is 0.747. The summed E-state index contributed by atoms with van der Waals surface area (Å²) in [6.45, 7) is 0. The summed E-state index contributed by atoms with van der Waals surface area (Å²) in [5.41, 5.74) is 0.218. The molecule has 1 aliphatic carbocycles. The minimum absolute atomic E-state index is 0.218. The van der Waals surface area contributed by atoms with Crippen molar-refractivity contribution < 1.29 is 4.79 Å². The van der Waals surface area contributed by atoms with Crippen LogP contribution in [0, 0.1) is 0 Å². The molecule has 0 amide bonds. The summed E-state index contributed by atoms with van der Waals surface area (Å²) < 4.78 is 0. The smallest absolute Gasteiger partial charge is 0.133 e. The van der Waals surface area contributed by atoms with E-state index in [1.807, 2.05) is 0 Å². The molecule has 5 heavy (non-hydrogen) atoms. The zero-order chi connectivity index (χ0) is 3.86. The highest BCUT2D eigenvalue weighted by Crippen LogP contribution is 2.25. The van der Waals surface area contributed by atoms with Gasteiger partial charge in [0.15, 0.2) is 0 Å². The van der Waals surface area contributed by atoms with Crippen LogP contribution in [-0.2, 0) is 4.79 Å². The van der Waals surface area contributed by atoms with Crippen molar-refractivity contribution in [1.29, 1.82) is 0 Å². The number of ketones is 1. The molecule has 0 N–H and O–H groups in total. The van der Waals surface area contributed by atoms with Crippen LogP contribution in [-0.4, -0.2) is 16.0 Å². The van der Waals surface area contributed by atoms with Gasteiger partial charge in [-0.2, -0.15) is 0 Å². The second kappa shape index (κ2) is 0.683. The van der Waals surface area contributed by atoms with E-state index < -0.39 is 0 Å². The van der Waals surface area contributed by atoms with Crippen molar-refractivity contribution in [3.8, 4) is 0 Å². The fourth-order valence-electron chi connectivity index (χ4n) is 0.142. The average molecular weight is 83.1 g/mol. The summed E-state index contributed by atoms with van der Waals surface area (Å²) in [6, 6.07) is 0. The standard InChI is InChI=1S/C3H3OSi/c4-2-1-3(2)5/h3H,1H2. The monoisotopic (exact) mass is 83.0 g/mol. The molecule has 3 radical (unpaired) electrons. The highest BCUT2D eigenvalue weighted by atomic mass is 28.1. The maximum Gasteiger partial charge on any atom is 0.133 e. The first-order chi connectivity index (χ1) is 2.30. The van der Waals surface area contributed by atoms with Gasteiger partial charge in [-0.3, -0.25) is 4.79 Å². The first-order valence-electron chi connectivity index (χ1n) is 1.54. The molecule has 1 fully saturated rings. The molecular weight excluding hydrogens is 80.1 g/mol. The maximum absolute atomic E-state index is 9.84. The van der Waals surface area contributed by atoms with Gasteiger partial charge in [0.1, 0.15) is 5.78 Å². The number of carbonyl (C=O) groups is 1. The molecule has 1 rings (SSSR count). The molecule has 0 aromatic rings. The van der Waals surface area contributed by atoms with Crippen molar-refractivity contribution >= 4 is 16.0 Å². The predicted octanol–water partition coefficient (Wildman–Crippen LogP) is -0.0838. The Morgan fingerprint density at radius 3 is 2.20 bits per heavy atom. The van der Waals surface area contributed by atoms with Crippen molar-refractivity contribution in [3.63, 3.8) is 0 Å². The molecule has 1 atom stereocenters. The highest BCUT2D eigenvalue weighted by Gasteiger charge is 2.28. The van der Waals surface area contributed by atoms with Gasteiger partial charge in [0.25, 0.3) is 0 Å². The first kappa shape index (κ1) is 3.09. The van der Waals surface area contributed by atoms with Crippen LogP contribution in [0.5, 0.6) is 0 Å². The molecule has 1 nitrogen and oxygen atoms in total. The fourth-order valence-corrected chi connectivity index (χ4v) is 0.343. The summed E-state index contributed by atoms with van der Waals surface area (Å²) in [5, 5.41) is 0. The number of rotatable bonds is 0. The van der Waals surface area contributed by atoms with Gasteiger partial charge in [0, 0.05) is 22.2 Å². The zero-order valence-corrected chi connectivity index (χ0v) is 3.69. The van der Waals surface area contributed by atoms with E-state index in [-0.39, 0.29) is 5.54 Å². The molecule has 0 spiro atoms. The number of hydrogen-bond acceptors (Lipinski definition) is 1. The molecule has 0 aliphatic heterocycles. The maximum atomic E-state index is 9.84. The molecule has 25 valence electrons. The van der Waals surface area contributed by atoms with Gasteiger partial charge < -0.3 is 0 Å². The average Bonchev–Trinajstić information content (AvgIpc) is 1.79. The third-order valence-electron chi connectivity index (χ3n) is 0.634. The zero-order valence-electron chi connectivity index (χ0n) is 2.69. The minimum Gasteiger partial charge on any atom is -0.300 e. The van der Waals surface area contributed by atoms with Gasteiger partial charge in [0.05, 0.1) is 0 Å². The molecule has 1 saturated carbocycles. The normalized spacial score (nSPS) is 34.6. The summed E-state index contributed by atoms with van der Waals surface area (Å²) in [5.74, 6) is 0.335. The molecule has 0 aromatic heterocycles. The Morgan fingerprint density at radius 1 is 2.00 bits per heavy atom. The van der Waals surface area contributed by atoms with E-state index in [0.29, 0.717) is 5.78 Å². The fraction of sp³-hybridized carbons (Fsp3) is 0.667. The highest BCUT2D eigenvalue weighted by molar-refractivity contribution is 6.33. The first-order valence-corrected chi connectivity index (χ1v) is 2.12. The molecule has 0 heterocycles.